The number of methoxy groups -OCH3 is 1. The maximum absolute atomic E-state index is 13.2. The maximum Gasteiger partial charge on any atom is 0.337 e. The number of aliphatic carboxylic acids is 1. The zero-order valence-electron chi connectivity index (χ0n) is 25.4. The second-order valence-corrected chi connectivity index (χ2v) is 10.6. The van der Waals surface area contributed by atoms with E-state index in [1.807, 2.05) is 54.6 Å². The van der Waals surface area contributed by atoms with Crippen LogP contribution >= 0.6 is 0 Å². The number of carboxylic acid groups (broad SMARTS) is 1. The monoisotopic (exact) mass is 615 g/mol. The highest BCUT2D eigenvalue weighted by atomic mass is 16.5. The van der Waals surface area contributed by atoms with Gasteiger partial charge in [-0.25, -0.2) is 9.59 Å². The molecule has 0 unspecified atom stereocenters. The molecule has 3 aromatic carbocycles. The van der Waals surface area contributed by atoms with Gasteiger partial charge < -0.3 is 35.4 Å². The Hall–Kier alpha value is -5.04. The average molecular weight is 616 g/mol. The molecule has 0 atom stereocenters. The molecule has 1 saturated heterocycles. The Bertz CT molecular complexity index is 1570. The number of esters is 1. The van der Waals surface area contributed by atoms with Crippen LogP contribution in [-0.4, -0.2) is 104 Å². The highest BCUT2D eigenvalue weighted by Crippen LogP contribution is 2.38. The molecule has 0 aromatic heterocycles. The van der Waals surface area contributed by atoms with E-state index in [9.17, 15) is 14.4 Å². The quantitative estimate of drug-likeness (QED) is 0.220. The molecule has 12 heteroatoms. The lowest BCUT2D eigenvalue weighted by Crippen LogP contribution is -2.48. The fraction of sp³-hybridized carbons (Fsp3) is 0.273. The number of benzene rings is 3. The van der Waals surface area contributed by atoms with Crippen molar-refractivity contribution in [2.45, 2.75) is 0 Å². The van der Waals surface area contributed by atoms with E-state index in [0.29, 0.717) is 34.6 Å². The number of aliphatic hydroxyl groups is 1. The summed E-state index contributed by atoms with van der Waals surface area (Å²) in [6, 6.07) is 22.2. The van der Waals surface area contributed by atoms with Gasteiger partial charge in [-0.3, -0.25) is 14.5 Å². The number of nitrogens with zero attached hydrogens (tertiary/aromatic N) is 3. The number of hydrogen-bond donors (Lipinski definition) is 4. The van der Waals surface area contributed by atoms with Gasteiger partial charge in [0.05, 0.1) is 36.2 Å². The zero-order chi connectivity index (χ0) is 32.5. The molecule has 2 aliphatic rings. The molecule has 0 radical (unpaired) electrons. The van der Waals surface area contributed by atoms with Gasteiger partial charge in [0.2, 0.25) is 5.91 Å². The van der Waals surface area contributed by atoms with Gasteiger partial charge in [0.25, 0.3) is 5.91 Å². The summed E-state index contributed by atoms with van der Waals surface area (Å²) in [5.41, 5.74) is 5.10. The molecular formula is C33H37N5O7. The highest BCUT2D eigenvalue weighted by Gasteiger charge is 2.29. The number of carbonyl (C=O) groups is 4. The van der Waals surface area contributed by atoms with Crippen molar-refractivity contribution < 1.29 is 34.1 Å². The molecule has 0 aliphatic carbocycles. The van der Waals surface area contributed by atoms with E-state index in [-0.39, 0.29) is 11.8 Å². The van der Waals surface area contributed by atoms with E-state index >= 15 is 0 Å². The lowest BCUT2D eigenvalue weighted by molar-refractivity contribution is -0.140. The minimum atomic E-state index is -1.19. The number of nitrogens with one attached hydrogen (secondary N) is 2. The van der Waals surface area contributed by atoms with Crippen LogP contribution in [-0.2, 0) is 19.1 Å². The number of ether oxygens (including phenoxy) is 1. The molecule has 0 bridgehead atoms. The summed E-state index contributed by atoms with van der Waals surface area (Å²) in [6.07, 6.45) is 0. The van der Waals surface area contributed by atoms with Crippen LogP contribution in [0, 0.1) is 0 Å². The molecule has 236 valence electrons. The van der Waals surface area contributed by atoms with E-state index in [0.717, 1.165) is 43.1 Å². The predicted molar refractivity (Wildman–Crippen MR) is 172 cm³/mol. The van der Waals surface area contributed by atoms with Crippen LogP contribution in [0.15, 0.2) is 72.8 Å². The molecule has 45 heavy (non-hydrogen) atoms. The third-order valence-electron chi connectivity index (χ3n) is 7.49. The molecule has 2 aliphatic heterocycles. The molecule has 12 nitrogen and oxygen atoms in total. The third kappa shape index (κ3) is 8.32. The summed E-state index contributed by atoms with van der Waals surface area (Å²) in [4.78, 5) is 53.4. The number of amides is 2. The molecule has 2 amide bonds. The highest BCUT2D eigenvalue weighted by molar-refractivity contribution is 6.37. The molecule has 5 rings (SSSR count). The lowest BCUT2D eigenvalue weighted by Gasteiger charge is -2.32. The van der Waals surface area contributed by atoms with Crippen LogP contribution in [0.5, 0.6) is 0 Å². The standard InChI is InChI=1S/C31H33N5O4.C2H4O3/c1-34-15-17-36(18-16-34)20-27(37)35(2)24-12-10-23(11-13-24)32-29(21-7-5-4-6-8-21)28-25-14-9-22(31(39)40-3)19-26(25)33-30(28)38;3-1-2(4)5/h4-14,19,32H,15-18,20H2,1-3H3,(H,33,38);3H,1H2,(H,4,5)/b29-28-;. The average Bonchev–Trinajstić information content (AvgIpc) is 3.39. The number of hydrogen-bond acceptors (Lipinski definition) is 9. The van der Waals surface area contributed by atoms with Crippen LogP contribution in [0.4, 0.5) is 17.1 Å². The summed E-state index contributed by atoms with van der Waals surface area (Å²) in [6.45, 7) is 3.31. The van der Waals surface area contributed by atoms with E-state index < -0.39 is 18.5 Å². The SMILES string of the molecule is COC(=O)c1ccc2c(c1)NC(=O)/C2=C(\Nc1ccc(N(C)C(=O)CN2CCN(C)CC2)cc1)c1ccccc1.O=C(O)CO. The van der Waals surface area contributed by atoms with Crippen LogP contribution in [0.3, 0.4) is 0 Å². The van der Waals surface area contributed by atoms with Crippen molar-refractivity contribution in [2.24, 2.45) is 0 Å². The number of piperazine rings is 1. The second kappa shape index (κ2) is 15.1. The molecule has 2 heterocycles. The van der Waals surface area contributed by atoms with Crippen LogP contribution in [0.2, 0.25) is 0 Å². The fourth-order valence-corrected chi connectivity index (χ4v) is 4.91. The first-order valence-corrected chi connectivity index (χ1v) is 14.3. The van der Waals surface area contributed by atoms with Crippen molar-refractivity contribution in [3.63, 3.8) is 0 Å². The van der Waals surface area contributed by atoms with Gasteiger partial charge in [-0.15, -0.1) is 0 Å². The fourth-order valence-electron chi connectivity index (χ4n) is 4.91. The lowest BCUT2D eigenvalue weighted by atomic mass is 9.99. The Morgan fingerprint density at radius 2 is 1.60 bits per heavy atom. The summed E-state index contributed by atoms with van der Waals surface area (Å²) >= 11 is 0. The first-order chi connectivity index (χ1) is 21.6. The van der Waals surface area contributed by atoms with Gasteiger partial charge in [0, 0.05) is 50.2 Å². The second-order valence-electron chi connectivity index (χ2n) is 10.6. The number of carboxylic acids is 1. The van der Waals surface area contributed by atoms with Gasteiger partial charge in [-0.2, -0.15) is 0 Å². The summed E-state index contributed by atoms with van der Waals surface area (Å²) in [5, 5.41) is 21.3. The molecule has 1 fully saturated rings. The number of carbonyl (C=O) groups excluding carboxylic acids is 3. The third-order valence-corrected chi connectivity index (χ3v) is 7.49. The van der Waals surface area contributed by atoms with Crippen LogP contribution < -0.4 is 15.5 Å². The largest absolute Gasteiger partial charge is 0.480 e. The summed E-state index contributed by atoms with van der Waals surface area (Å²) < 4.78 is 4.82. The van der Waals surface area contributed by atoms with Crippen LogP contribution in [0.25, 0.3) is 11.3 Å². The van der Waals surface area contributed by atoms with Crippen molar-refractivity contribution in [3.8, 4) is 0 Å². The smallest absolute Gasteiger partial charge is 0.337 e. The Kier molecular flexibility index (Phi) is 11.0. The predicted octanol–water partition coefficient (Wildman–Crippen LogP) is 2.68. The normalized spacial score (nSPS) is 15.6. The van der Waals surface area contributed by atoms with E-state index in [4.69, 9.17) is 19.7 Å². The Morgan fingerprint density at radius 1 is 0.956 bits per heavy atom. The summed E-state index contributed by atoms with van der Waals surface area (Å²) in [5.74, 6) is -1.88. The van der Waals surface area contributed by atoms with Crippen molar-refractivity contribution in [1.82, 2.24) is 9.80 Å². The molecular weight excluding hydrogens is 578 g/mol. The van der Waals surface area contributed by atoms with E-state index in [1.165, 1.54) is 7.11 Å². The van der Waals surface area contributed by atoms with Gasteiger partial charge in [0.15, 0.2) is 0 Å². The van der Waals surface area contributed by atoms with Crippen molar-refractivity contribution in [1.29, 1.82) is 0 Å². The van der Waals surface area contributed by atoms with E-state index in [1.54, 1.807) is 30.1 Å². The number of likely N-dealkylation sites (N-methyl/N-ethyl adjacent to an activating group) is 2. The van der Waals surface area contributed by atoms with Crippen molar-refractivity contribution >= 4 is 52.1 Å². The minimum absolute atomic E-state index is 0.0444. The topological polar surface area (TPSA) is 152 Å². The van der Waals surface area contributed by atoms with E-state index in [2.05, 4.69) is 27.5 Å². The Labute approximate surface area is 261 Å². The molecule has 0 spiro atoms. The van der Waals surface area contributed by atoms with Crippen molar-refractivity contribution in [2.75, 3.05) is 76.1 Å². The number of rotatable bonds is 8. The number of fused-ring (bicyclic) bond motifs is 1. The summed E-state index contributed by atoms with van der Waals surface area (Å²) in [7, 11) is 5.21. The minimum Gasteiger partial charge on any atom is -0.480 e. The number of aliphatic hydroxyl groups excluding tert-OH is 1. The number of anilines is 3. The molecule has 3 aromatic rings. The zero-order valence-corrected chi connectivity index (χ0v) is 25.4. The molecule has 4 N–H and O–H groups in total. The first kappa shape index (κ1) is 32.9. The maximum atomic E-state index is 13.2. The Morgan fingerprint density at radius 3 is 2.20 bits per heavy atom. The molecule has 0 saturated carbocycles. The van der Waals surface area contributed by atoms with Crippen molar-refractivity contribution in [3.05, 3.63) is 89.5 Å². The van der Waals surface area contributed by atoms with Gasteiger partial charge in [-0.1, -0.05) is 36.4 Å². The van der Waals surface area contributed by atoms with Gasteiger partial charge in [-0.05, 0) is 49.0 Å². The van der Waals surface area contributed by atoms with Gasteiger partial charge in [0.1, 0.15) is 6.61 Å². The first-order valence-electron chi connectivity index (χ1n) is 14.3. The van der Waals surface area contributed by atoms with Crippen LogP contribution in [0.1, 0.15) is 21.5 Å². The Balaban J connectivity index is 0.000000854. The van der Waals surface area contributed by atoms with Gasteiger partial charge >= 0.3 is 11.9 Å².